The number of piperidine rings is 1. The summed E-state index contributed by atoms with van der Waals surface area (Å²) >= 11 is 0. The third-order valence-electron chi connectivity index (χ3n) is 4.18. The maximum atomic E-state index is 12.9. The number of carbonyl (C=O) groups is 3. The van der Waals surface area contributed by atoms with Gasteiger partial charge in [0.25, 0.3) is 10.0 Å². The van der Waals surface area contributed by atoms with Gasteiger partial charge in [-0.05, 0) is 45.0 Å². The molecule has 0 aliphatic carbocycles. The molecule has 0 N–H and O–H groups in total. The molecule has 0 saturated carbocycles. The molecule has 1 amide bonds. The molecule has 1 saturated heterocycles. The smallest absolute Gasteiger partial charge is 0.424 e. The summed E-state index contributed by atoms with van der Waals surface area (Å²) in [5, 5.41) is 0. The number of hydrogen-bond acceptors (Lipinski definition) is 8. The second-order valence-corrected chi connectivity index (χ2v) is 9.45. The molecule has 1 heterocycles. The van der Waals surface area contributed by atoms with Gasteiger partial charge in [-0.25, -0.2) is 13.2 Å². The Kier molecular flexibility index (Phi) is 6.89. The molecule has 0 unspecified atom stereocenters. The van der Waals surface area contributed by atoms with Gasteiger partial charge >= 0.3 is 12.1 Å². The zero-order valence-corrected chi connectivity index (χ0v) is 17.8. The number of sulfonamides is 1. The van der Waals surface area contributed by atoms with Crippen molar-refractivity contribution in [1.29, 1.82) is 0 Å². The molecule has 29 heavy (non-hydrogen) atoms. The summed E-state index contributed by atoms with van der Waals surface area (Å²) in [5.41, 5.74) is -0.0617. The van der Waals surface area contributed by atoms with Crippen LogP contribution in [0.5, 0.6) is 0 Å². The number of hydrogen-bond donors (Lipinski definition) is 0. The van der Waals surface area contributed by atoms with Crippen molar-refractivity contribution >= 4 is 33.6 Å². The highest BCUT2D eigenvalue weighted by molar-refractivity contribution is 7.89. The summed E-state index contributed by atoms with van der Waals surface area (Å²) in [4.78, 5) is 37.3. The lowest BCUT2D eigenvalue weighted by atomic mass is 10.1. The average Bonchev–Trinajstić information content (AvgIpc) is 2.64. The normalized spacial score (nSPS) is 15.0. The molecule has 0 spiro atoms. The molecule has 160 valence electrons. The Morgan fingerprint density at radius 3 is 2.14 bits per heavy atom. The molecule has 1 aromatic carbocycles. The van der Waals surface area contributed by atoms with Crippen LogP contribution < -0.4 is 4.90 Å². The number of ketones is 1. The molecular formula is C19H26N2O7S. The van der Waals surface area contributed by atoms with Gasteiger partial charge in [-0.15, -0.1) is 0 Å². The van der Waals surface area contributed by atoms with Crippen LogP contribution in [0, 0.1) is 0 Å². The Balaban J connectivity index is 2.23. The molecule has 0 aromatic heterocycles. The number of carbonyl (C=O) groups excluding carboxylic acids is 3. The van der Waals surface area contributed by atoms with Crippen LogP contribution in [0.4, 0.5) is 10.5 Å². The number of esters is 1. The van der Waals surface area contributed by atoms with E-state index in [1.54, 1.807) is 32.9 Å². The van der Waals surface area contributed by atoms with Gasteiger partial charge in [0.1, 0.15) is 17.9 Å². The lowest BCUT2D eigenvalue weighted by Gasteiger charge is -2.28. The van der Waals surface area contributed by atoms with Crippen LogP contribution in [-0.4, -0.2) is 62.9 Å². The van der Waals surface area contributed by atoms with E-state index in [0.717, 1.165) is 12.8 Å². The number of Topliss-reactive ketones (excluding diaryl/α,β-unsaturated/α-hetero) is 1. The average molecular weight is 426 g/mol. The molecule has 1 aromatic rings. The SMILES string of the molecule is COC(=O)N(CC(=O)OC(C)(C)C)S(=O)(=O)c1ccc(N2CCC(=O)CC2)cc1. The van der Waals surface area contributed by atoms with Gasteiger partial charge in [0.05, 0.1) is 12.0 Å². The molecule has 0 radical (unpaired) electrons. The van der Waals surface area contributed by atoms with E-state index in [1.807, 2.05) is 4.90 Å². The fraction of sp³-hybridized carbons (Fsp3) is 0.526. The monoisotopic (exact) mass is 426 g/mol. The zero-order chi connectivity index (χ0) is 21.8. The van der Waals surface area contributed by atoms with Gasteiger partial charge in [-0.2, -0.15) is 4.31 Å². The topological polar surface area (TPSA) is 110 Å². The molecule has 1 fully saturated rings. The highest BCUT2D eigenvalue weighted by atomic mass is 32.2. The third-order valence-corrected chi connectivity index (χ3v) is 5.91. The number of benzene rings is 1. The van der Waals surface area contributed by atoms with E-state index in [0.29, 0.717) is 30.2 Å². The predicted octanol–water partition coefficient (Wildman–Crippen LogP) is 1.95. The number of methoxy groups -OCH3 is 1. The molecule has 10 heteroatoms. The largest absolute Gasteiger partial charge is 0.459 e. The van der Waals surface area contributed by atoms with E-state index in [-0.39, 0.29) is 10.7 Å². The van der Waals surface area contributed by atoms with Crippen LogP contribution in [0.15, 0.2) is 29.2 Å². The van der Waals surface area contributed by atoms with E-state index in [2.05, 4.69) is 4.74 Å². The predicted molar refractivity (Wildman–Crippen MR) is 105 cm³/mol. The van der Waals surface area contributed by atoms with E-state index >= 15 is 0 Å². The lowest BCUT2D eigenvalue weighted by Crippen LogP contribution is -2.42. The number of amides is 1. The molecule has 9 nitrogen and oxygen atoms in total. The maximum Gasteiger partial charge on any atom is 0.424 e. The molecule has 0 bridgehead atoms. The first kappa shape index (κ1) is 22.7. The summed E-state index contributed by atoms with van der Waals surface area (Å²) in [7, 11) is -3.31. The van der Waals surface area contributed by atoms with Gasteiger partial charge < -0.3 is 14.4 Å². The first-order chi connectivity index (χ1) is 13.4. The highest BCUT2D eigenvalue weighted by Gasteiger charge is 2.34. The second kappa shape index (κ2) is 8.81. The van der Waals surface area contributed by atoms with Gasteiger partial charge in [-0.1, -0.05) is 0 Å². The lowest BCUT2D eigenvalue weighted by molar-refractivity contribution is -0.154. The minimum atomic E-state index is -4.33. The summed E-state index contributed by atoms with van der Waals surface area (Å²) in [6, 6.07) is 5.91. The van der Waals surface area contributed by atoms with Crippen molar-refractivity contribution in [3.05, 3.63) is 24.3 Å². The van der Waals surface area contributed by atoms with E-state index < -0.39 is 34.2 Å². The van der Waals surface area contributed by atoms with Crippen LogP contribution in [0.1, 0.15) is 33.6 Å². The Morgan fingerprint density at radius 1 is 1.10 bits per heavy atom. The van der Waals surface area contributed by atoms with E-state index in [9.17, 15) is 22.8 Å². The van der Waals surface area contributed by atoms with Crippen molar-refractivity contribution in [2.24, 2.45) is 0 Å². The zero-order valence-electron chi connectivity index (χ0n) is 17.0. The summed E-state index contributed by atoms with van der Waals surface area (Å²) < 4.78 is 35.8. The summed E-state index contributed by atoms with van der Waals surface area (Å²) in [6.07, 6.45) is -0.285. The fourth-order valence-electron chi connectivity index (χ4n) is 2.81. The van der Waals surface area contributed by atoms with Crippen LogP contribution in [-0.2, 0) is 29.1 Å². The number of anilines is 1. The van der Waals surface area contributed by atoms with Crippen LogP contribution in [0.3, 0.4) is 0 Å². The number of nitrogens with zero attached hydrogens (tertiary/aromatic N) is 2. The number of ether oxygens (including phenoxy) is 2. The van der Waals surface area contributed by atoms with Crippen molar-refractivity contribution in [2.45, 2.75) is 44.1 Å². The Morgan fingerprint density at radius 2 is 1.66 bits per heavy atom. The standard InChI is InChI=1S/C19H26N2O7S/c1-19(2,3)28-17(23)13-21(18(24)27-4)29(25,26)16-7-5-14(6-8-16)20-11-9-15(22)10-12-20/h5-8H,9-13H2,1-4H3. The highest BCUT2D eigenvalue weighted by Crippen LogP contribution is 2.23. The Labute approximate surface area is 170 Å². The first-order valence-electron chi connectivity index (χ1n) is 9.13. The van der Waals surface area contributed by atoms with Gasteiger partial charge in [0.15, 0.2) is 0 Å². The van der Waals surface area contributed by atoms with E-state index in [4.69, 9.17) is 4.74 Å². The molecule has 1 aliphatic heterocycles. The van der Waals surface area contributed by atoms with Crippen molar-refractivity contribution < 1.29 is 32.3 Å². The molecular weight excluding hydrogens is 400 g/mol. The van der Waals surface area contributed by atoms with Gasteiger partial charge in [-0.3, -0.25) is 9.59 Å². The molecule has 0 atom stereocenters. The Hall–Kier alpha value is -2.62. The fourth-order valence-corrected chi connectivity index (χ4v) is 4.09. The van der Waals surface area contributed by atoms with Crippen LogP contribution in [0.2, 0.25) is 0 Å². The quantitative estimate of drug-likeness (QED) is 0.657. The van der Waals surface area contributed by atoms with Gasteiger partial charge in [0.2, 0.25) is 0 Å². The second-order valence-electron chi connectivity index (χ2n) is 7.59. The van der Waals surface area contributed by atoms with Gasteiger partial charge in [0, 0.05) is 31.6 Å². The van der Waals surface area contributed by atoms with Crippen LogP contribution >= 0.6 is 0 Å². The Bertz CT molecular complexity index is 863. The summed E-state index contributed by atoms with van der Waals surface area (Å²) in [6.45, 7) is 5.23. The molecule has 2 rings (SSSR count). The minimum Gasteiger partial charge on any atom is -0.459 e. The van der Waals surface area contributed by atoms with E-state index in [1.165, 1.54) is 12.1 Å². The van der Waals surface area contributed by atoms with Crippen molar-refractivity contribution in [3.63, 3.8) is 0 Å². The number of rotatable bonds is 5. The third kappa shape index (κ3) is 5.93. The maximum absolute atomic E-state index is 12.9. The first-order valence-corrected chi connectivity index (χ1v) is 10.6. The minimum absolute atomic E-state index is 0.164. The summed E-state index contributed by atoms with van der Waals surface area (Å²) in [5.74, 6) is -0.669. The van der Waals surface area contributed by atoms with Crippen molar-refractivity contribution in [3.8, 4) is 0 Å². The van der Waals surface area contributed by atoms with Crippen molar-refractivity contribution in [1.82, 2.24) is 4.31 Å². The molecule has 1 aliphatic rings. The van der Waals surface area contributed by atoms with Crippen molar-refractivity contribution in [2.75, 3.05) is 31.6 Å². The van der Waals surface area contributed by atoms with Crippen LogP contribution in [0.25, 0.3) is 0 Å².